The molecule has 0 bridgehead atoms. The Morgan fingerprint density at radius 3 is 2.68 bits per heavy atom. The molecule has 0 aliphatic heterocycles. The second-order valence-electron chi connectivity index (χ2n) is 3.99. The third-order valence-electron chi connectivity index (χ3n) is 2.41. The fraction of sp³-hybridized carbons (Fsp3) is 0.154. The van der Waals surface area contributed by atoms with Crippen molar-refractivity contribution in [1.29, 1.82) is 0 Å². The molecule has 1 amide bonds. The number of hydrogen-bond acceptors (Lipinski definition) is 4. The van der Waals surface area contributed by atoms with Crippen LogP contribution in [0.2, 0.25) is 5.02 Å². The van der Waals surface area contributed by atoms with Crippen LogP contribution in [0.15, 0.2) is 36.7 Å². The van der Waals surface area contributed by atoms with Gasteiger partial charge in [0.2, 0.25) is 5.91 Å². The number of aromatic nitrogens is 2. The molecule has 98 valence electrons. The van der Waals surface area contributed by atoms with Gasteiger partial charge in [0.15, 0.2) is 5.82 Å². The van der Waals surface area contributed by atoms with Crippen molar-refractivity contribution in [2.75, 3.05) is 6.54 Å². The molecule has 0 fully saturated rings. The van der Waals surface area contributed by atoms with Gasteiger partial charge in [-0.15, -0.1) is 0 Å². The maximum absolute atomic E-state index is 10.7. The van der Waals surface area contributed by atoms with E-state index in [1.807, 2.05) is 12.1 Å². The maximum Gasteiger partial charge on any atom is 0.231 e. The van der Waals surface area contributed by atoms with Crippen LogP contribution in [0.1, 0.15) is 5.56 Å². The molecule has 19 heavy (non-hydrogen) atoms. The second kappa shape index (κ2) is 6.26. The normalized spacial score (nSPS) is 10.4. The first kappa shape index (κ1) is 13.5. The van der Waals surface area contributed by atoms with Crippen LogP contribution >= 0.6 is 11.6 Å². The molecule has 0 spiro atoms. The van der Waals surface area contributed by atoms with Crippen LogP contribution in [0.5, 0.6) is 0 Å². The average Bonchev–Trinajstić information content (AvgIpc) is 2.39. The van der Waals surface area contributed by atoms with E-state index in [1.165, 1.54) is 0 Å². The van der Waals surface area contributed by atoms with Crippen molar-refractivity contribution >= 4 is 17.5 Å². The Kier molecular flexibility index (Phi) is 4.43. The molecule has 2 aromatic rings. The zero-order valence-corrected chi connectivity index (χ0v) is 10.9. The molecule has 0 aliphatic rings. The number of primary amides is 1. The molecule has 0 saturated heterocycles. The first-order valence-corrected chi connectivity index (χ1v) is 6.09. The zero-order chi connectivity index (χ0) is 13.7. The molecule has 0 radical (unpaired) electrons. The predicted octanol–water partition coefficient (Wildman–Crippen LogP) is 1.37. The van der Waals surface area contributed by atoms with Crippen molar-refractivity contribution < 1.29 is 4.79 Å². The van der Waals surface area contributed by atoms with E-state index >= 15 is 0 Å². The molecule has 2 rings (SSSR count). The topological polar surface area (TPSA) is 80.9 Å². The molecule has 1 aromatic heterocycles. The van der Waals surface area contributed by atoms with Gasteiger partial charge in [0, 0.05) is 29.5 Å². The molecule has 0 unspecified atom stereocenters. The third-order valence-corrected chi connectivity index (χ3v) is 2.63. The van der Waals surface area contributed by atoms with Crippen molar-refractivity contribution in [2.24, 2.45) is 5.73 Å². The number of carbonyl (C=O) groups is 1. The van der Waals surface area contributed by atoms with Gasteiger partial charge in [-0.25, -0.2) is 9.97 Å². The number of hydrogen-bond donors (Lipinski definition) is 2. The van der Waals surface area contributed by atoms with E-state index in [1.54, 1.807) is 24.5 Å². The van der Waals surface area contributed by atoms with E-state index in [4.69, 9.17) is 17.3 Å². The summed E-state index contributed by atoms with van der Waals surface area (Å²) in [7, 11) is 0. The fourth-order valence-electron chi connectivity index (χ4n) is 1.66. The van der Waals surface area contributed by atoms with Gasteiger partial charge in [-0.3, -0.25) is 4.79 Å². The van der Waals surface area contributed by atoms with Gasteiger partial charge in [0.1, 0.15) is 0 Å². The van der Waals surface area contributed by atoms with Gasteiger partial charge in [0.25, 0.3) is 0 Å². The summed E-state index contributed by atoms with van der Waals surface area (Å²) in [5.41, 5.74) is 6.84. The van der Waals surface area contributed by atoms with E-state index in [9.17, 15) is 4.79 Å². The Labute approximate surface area is 115 Å². The number of nitrogens with two attached hydrogens (primary N) is 1. The van der Waals surface area contributed by atoms with Gasteiger partial charge < -0.3 is 11.1 Å². The summed E-state index contributed by atoms with van der Waals surface area (Å²) in [6.45, 7) is 0.632. The Morgan fingerprint density at radius 2 is 2.00 bits per heavy atom. The zero-order valence-electron chi connectivity index (χ0n) is 10.1. The minimum Gasteiger partial charge on any atom is -0.369 e. The van der Waals surface area contributed by atoms with Gasteiger partial charge in [0.05, 0.1) is 6.54 Å². The van der Waals surface area contributed by atoms with Gasteiger partial charge in [-0.05, 0) is 29.8 Å². The number of carbonyl (C=O) groups excluding carboxylic acids is 1. The predicted molar refractivity (Wildman–Crippen MR) is 73.4 cm³/mol. The van der Waals surface area contributed by atoms with Crippen molar-refractivity contribution in [2.45, 2.75) is 6.54 Å². The number of rotatable bonds is 5. The van der Waals surface area contributed by atoms with Crippen molar-refractivity contribution in [3.8, 4) is 11.4 Å². The number of benzene rings is 1. The molecule has 1 heterocycles. The lowest BCUT2D eigenvalue weighted by molar-refractivity contribution is -0.117. The monoisotopic (exact) mass is 276 g/mol. The maximum atomic E-state index is 10.7. The average molecular weight is 277 g/mol. The van der Waals surface area contributed by atoms with Crippen LogP contribution in [-0.4, -0.2) is 22.4 Å². The second-order valence-corrected chi connectivity index (χ2v) is 4.43. The number of nitrogens with zero attached hydrogens (tertiary/aromatic N) is 2. The fourth-order valence-corrected chi connectivity index (χ4v) is 1.92. The lowest BCUT2D eigenvalue weighted by Crippen LogP contribution is -2.28. The van der Waals surface area contributed by atoms with E-state index in [0.717, 1.165) is 11.1 Å². The van der Waals surface area contributed by atoms with Gasteiger partial charge in [-0.2, -0.15) is 0 Å². The lowest BCUT2D eigenvalue weighted by atomic mass is 10.1. The van der Waals surface area contributed by atoms with Crippen LogP contribution in [0, 0.1) is 0 Å². The molecular formula is C13H13ClN4O. The molecule has 1 aromatic carbocycles. The molecule has 0 atom stereocenters. The Hall–Kier alpha value is -1.98. The standard InChI is InChI=1S/C13H13ClN4O/c14-11-5-9(7-16-8-12(15)19)4-10(6-11)13-17-2-1-3-18-13/h1-6,16H,7-8H2,(H2,15,19). The summed E-state index contributed by atoms with van der Waals surface area (Å²) in [6, 6.07) is 7.30. The van der Waals surface area contributed by atoms with Crippen LogP contribution in [-0.2, 0) is 11.3 Å². The third kappa shape index (κ3) is 4.01. The summed E-state index contributed by atoms with van der Waals surface area (Å²) < 4.78 is 0. The molecule has 5 nitrogen and oxygen atoms in total. The van der Waals surface area contributed by atoms with Gasteiger partial charge in [-0.1, -0.05) is 11.6 Å². The summed E-state index contributed by atoms with van der Waals surface area (Å²) >= 11 is 6.07. The molecule has 3 N–H and O–H groups in total. The minimum atomic E-state index is -0.395. The van der Waals surface area contributed by atoms with Crippen LogP contribution in [0.4, 0.5) is 0 Å². The first-order valence-electron chi connectivity index (χ1n) is 5.71. The van der Waals surface area contributed by atoms with Crippen molar-refractivity contribution in [1.82, 2.24) is 15.3 Å². The Bertz CT molecular complexity index is 574. The Morgan fingerprint density at radius 1 is 1.26 bits per heavy atom. The summed E-state index contributed by atoms with van der Waals surface area (Å²) in [6.07, 6.45) is 3.35. The molecule has 6 heteroatoms. The number of halogens is 1. The highest BCUT2D eigenvalue weighted by atomic mass is 35.5. The summed E-state index contributed by atoms with van der Waals surface area (Å²) in [5.74, 6) is 0.217. The Balaban J connectivity index is 2.18. The number of amides is 1. The van der Waals surface area contributed by atoms with Crippen LogP contribution in [0.25, 0.3) is 11.4 Å². The minimum absolute atomic E-state index is 0.129. The summed E-state index contributed by atoms with van der Waals surface area (Å²) in [5, 5.41) is 3.53. The van der Waals surface area contributed by atoms with E-state index in [-0.39, 0.29) is 6.54 Å². The van der Waals surface area contributed by atoms with Crippen molar-refractivity contribution in [3.05, 3.63) is 47.2 Å². The smallest absolute Gasteiger partial charge is 0.231 e. The highest BCUT2D eigenvalue weighted by molar-refractivity contribution is 6.30. The largest absolute Gasteiger partial charge is 0.369 e. The number of nitrogens with one attached hydrogen (secondary N) is 1. The molecular weight excluding hydrogens is 264 g/mol. The highest BCUT2D eigenvalue weighted by Gasteiger charge is 2.04. The van der Waals surface area contributed by atoms with Crippen LogP contribution < -0.4 is 11.1 Å². The van der Waals surface area contributed by atoms with E-state index in [2.05, 4.69) is 15.3 Å². The van der Waals surface area contributed by atoms with Gasteiger partial charge >= 0.3 is 0 Å². The van der Waals surface area contributed by atoms with E-state index in [0.29, 0.717) is 17.4 Å². The summed E-state index contributed by atoms with van der Waals surface area (Å²) in [4.78, 5) is 19.0. The van der Waals surface area contributed by atoms with E-state index < -0.39 is 5.91 Å². The quantitative estimate of drug-likeness (QED) is 0.864. The SMILES string of the molecule is NC(=O)CNCc1cc(Cl)cc(-c2ncccn2)c1. The van der Waals surface area contributed by atoms with Crippen LogP contribution in [0.3, 0.4) is 0 Å². The first-order chi connectivity index (χ1) is 9.15. The lowest BCUT2D eigenvalue weighted by Gasteiger charge is -2.06. The highest BCUT2D eigenvalue weighted by Crippen LogP contribution is 2.21. The molecule has 0 aliphatic carbocycles. The molecule has 0 saturated carbocycles. The van der Waals surface area contributed by atoms with Crippen molar-refractivity contribution in [3.63, 3.8) is 0 Å².